The molecular formula is C22H26ClN3O3. The van der Waals surface area contributed by atoms with E-state index in [9.17, 15) is 14.4 Å². The van der Waals surface area contributed by atoms with E-state index in [-0.39, 0.29) is 17.7 Å². The highest BCUT2D eigenvalue weighted by atomic mass is 35.5. The Morgan fingerprint density at radius 1 is 1.03 bits per heavy atom. The highest BCUT2D eigenvalue weighted by Crippen LogP contribution is 2.24. The summed E-state index contributed by atoms with van der Waals surface area (Å²) in [7, 11) is 3.29. The van der Waals surface area contributed by atoms with Gasteiger partial charge in [0.2, 0.25) is 5.91 Å². The SMILES string of the molecule is Cc1ccccc1C(=O)NC(C(=O)Nc1cc(C(=O)N(C)C)ccc1Cl)C(C)C. The van der Waals surface area contributed by atoms with Gasteiger partial charge in [-0.2, -0.15) is 0 Å². The lowest BCUT2D eigenvalue weighted by Gasteiger charge is -2.22. The van der Waals surface area contributed by atoms with Crippen molar-refractivity contribution in [3.63, 3.8) is 0 Å². The predicted molar refractivity (Wildman–Crippen MR) is 115 cm³/mol. The van der Waals surface area contributed by atoms with Crippen LogP contribution in [0.3, 0.4) is 0 Å². The highest BCUT2D eigenvalue weighted by molar-refractivity contribution is 6.34. The zero-order chi connectivity index (χ0) is 21.7. The van der Waals surface area contributed by atoms with Crippen LogP contribution in [-0.4, -0.2) is 42.8 Å². The normalized spacial score (nSPS) is 11.7. The number of carbonyl (C=O) groups excluding carboxylic acids is 3. The van der Waals surface area contributed by atoms with Crippen molar-refractivity contribution in [2.45, 2.75) is 26.8 Å². The monoisotopic (exact) mass is 415 g/mol. The van der Waals surface area contributed by atoms with E-state index in [0.29, 0.717) is 21.8 Å². The smallest absolute Gasteiger partial charge is 0.253 e. The molecule has 0 saturated carbocycles. The van der Waals surface area contributed by atoms with Gasteiger partial charge < -0.3 is 15.5 Å². The second-order valence-corrected chi connectivity index (χ2v) is 7.80. The Kier molecular flexibility index (Phi) is 7.40. The molecule has 2 N–H and O–H groups in total. The molecule has 1 atom stereocenters. The summed E-state index contributed by atoms with van der Waals surface area (Å²) in [6.45, 7) is 5.53. The molecule has 6 nitrogen and oxygen atoms in total. The number of nitrogens with zero attached hydrogens (tertiary/aromatic N) is 1. The number of halogens is 1. The van der Waals surface area contributed by atoms with E-state index < -0.39 is 11.9 Å². The number of hydrogen-bond acceptors (Lipinski definition) is 3. The van der Waals surface area contributed by atoms with Crippen molar-refractivity contribution in [1.29, 1.82) is 0 Å². The standard InChI is InChI=1S/C22H26ClN3O3/c1-13(2)19(25-20(27)16-9-7-6-8-14(16)3)21(28)24-18-12-15(10-11-17(18)23)22(29)26(4)5/h6-13,19H,1-5H3,(H,24,28)(H,25,27). The van der Waals surface area contributed by atoms with Crippen LogP contribution in [0.25, 0.3) is 0 Å². The van der Waals surface area contributed by atoms with Crippen molar-refractivity contribution in [1.82, 2.24) is 10.2 Å². The van der Waals surface area contributed by atoms with Gasteiger partial charge in [-0.25, -0.2) is 0 Å². The molecule has 2 aromatic rings. The third-order valence-corrected chi connectivity index (χ3v) is 4.83. The molecule has 0 spiro atoms. The fourth-order valence-corrected chi connectivity index (χ4v) is 2.97. The van der Waals surface area contributed by atoms with E-state index in [4.69, 9.17) is 11.6 Å². The molecule has 3 amide bonds. The van der Waals surface area contributed by atoms with Crippen molar-refractivity contribution in [2.24, 2.45) is 5.92 Å². The van der Waals surface area contributed by atoms with Gasteiger partial charge in [-0.1, -0.05) is 43.6 Å². The van der Waals surface area contributed by atoms with Gasteiger partial charge in [0.25, 0.3) is 11.8 Å². The average Bonchev–Trinajstić information content (AvgIpc) is 2.66. The Hall–Kier alpha value is -2.86. The van der Waals surface area contributed by atoms with Crippen LogP contribution < -0.4 is 10.6 Å². The maximum Gasteiger partial charge on any atom is 0.253 e. The van der Waals surface area contributed by atoms with Crippen LogP contribution in [0.1, 0.15) is 40.1 Å². The minimum atomic E-state index is -0.772. The maximum absolute atomic E-state index is 12.9. The molecule has 1 unspecified atom stereocenters. The lowest BCUT2D eigenvalue weighted by molar-refractivity contribution is -0.118. The minimum absolute atomic E-state index is 0.159. The van der Waals surface area contributed by atoms with E-state index in [2.05, 4.69) is 10.6 Å². The van der Waals surface area contributed by atoms with Gasteiger partial charge in [-0.05, 0) is 42.7 Å². The van der Waals surface area contributed by atoms with Crippen LogP contribution in [0.15, 0.2) is 42.5 Å². The summed E-state index contributed by atoms with van der Waals surface area (Å²) < 4.78 is 0. The van der Waals surface area contributed by atoms with E-state index in [0.717, 1.165) is 5.56 Å². The van der Waals surface area contributed by atoms with E-state index >= 15 is 0 Å². The van der Waals surface area contributed by atoms with Crippen molar-refractivity contribution in [2.75, 3.05) is 19.4 Å². The number of hydrogen-bond donors (Lipinski definition) is 2. The van der Waals surface area contributed by atoms with Crippen molar-refractivity contribution < 1.29 is 14.4 Å². The van der Waals surface area contributed by atoms with Crippen LogP contribution in [0, 0.1) is 12.8 Å². The van der Waals surface area contributed by atoms with E-state index in [1.165, 1.54) is 11.0 Å². The quantitative estimate of drug-likeness (QED) is 0.754. The molecule has 0 aliphatic carbocycles. The third-order valence-electron chi connectivity index (χ3n) is 4.50. The predicted octanol–water partition coefficient (Wildman–Crippen LogP) is 3.74. The van der Waals surface area contributed by atoms with Crippen molar-refractivity contribution in [3.05, 3.63) is 64.2 Å². The molecule has 0 fully saturated rings. The molecule has 0 heterocycles. The number of benzene rings is 2. The van der Waals surface area contributed by atoms with Crippen LogP contribution in [0.4, 0.5) is 5.69 Å². The minimum Gasteiger partial charge on any atom is -0.345 e. The Labute approximate surface area is 176 Å². The van der Waals surface area contributed by atoms with Gasteiger partial charge >= 0.3 is 0 Å². The first-order chi connectivity index (χ1) is 13.6. The summed E-state index contributed by atoms with van der Waals surface area (Å²) in [4.78, 5) is 39.2. The fraction of sp³-hybridized carbons (Fsp3) is 0.318. The maximum atomic E-state index is 12.9. The summed E-state index contributed by atoms with van der Waals surface area (Å²) in [5.74, 6) is -1.09. The van der Waals surface area contributed by atoms with Crippen molar-refractivity contribution in [3.8, 4) is 0 Å². The van der Waals surface area contributed by atoms with Crippen LogP contribution in [0.5, 0.6) is 0 Å². The molecule has 29 heavy (non-hydrogen) atoms. The lowest BCUT2D eigenvalue weighted by atomic mass is 10.0. The fourth-order valence-electron chi connectivity index (χ4n) is 2.80. The Morgan fingerprint density at radius 2 is 1.69 bits per heavy atom. The first-order valence-corrected chi connectivity index (χ1v) is 9.68. The summed E-state index contributed by atoms with van der Waals surface area (Å²) in [6.07, 6.45) is 0. The molecule has 154 valence electrons. The number of rotatable bonds is 6. The zero-order valence-corrected chi connectivity index (χ0v) is 18.0. The van der Waals surface area contributed by atoms with Crippen molar-refractivity contribution >= 4 is 35.0 Å². The summed E-state index contributed by atoms with van der Waals surface area (Å²) in [5, 5.41) is 5.85. The molecule has 0 aliphatic rings. The number of carbonyl (C=O) groups is 3. The molecule has 0 bridgehead atoms. The molecule has 0 radical (unpaired) electrons. The van der Waals surface area contributed by atoms with Crippen LogP contribution >= 0.6 is 11.6 Å². The van der Waals surface area contributed by atoms with Gasteiger partial charge in [-0.3, -0.25) is 14.4 Å². The molecule has 0 aromatic heterocycles. The van der Waals surface area contributed by atoms with E-state index in [1.807, 2.05) is 32.9 Å². The summed E-state index contributed by atoms with van der Waals surface area (Å²) >= 11 is 6.20. The summed E-state index contributed by atoms with van der Waals surface area (Å²) in [6, 6.07) is 11.1. The first-order valence-electron chi connectivity index (χ1n) is 9.30. The number of amides is 3. The molecular weight excluding hydrogens is 390 g/mol. The Bertz CT molecular complexity index is 925. The third kappa shape index (κ3) is 5.57. The topological polar surface area (TPSA) is 78.5 Å². The molecule has 0 aliphatic heterocycles. The molecule has 0 saturated heterocycles. The lowest BCUT2D eigenvalue weighted by Crippen LogP contribution is -2.47. The van der Waals surface area contributed by atoms with Gasteiger partial charge in [0.15, 0.2) is 0 Å². The second-order valence-electron chi connectivity index (χ2n) is 7.39. The molecule has 7 heteroatoms. The largest absolute Gasteiger partial charge is 0.345 e. The van der Waals surface area contributed by atoms with Gasteiger partial charge in [-0.15, -0.1) is 0 Å². The molecule has 2 aromatic carbocycles. The number of aryl methyl sites for hydroxylation is 1. The van der Waals surface area contributed by atoms with Gasteiger partial charge in [0.1, 0.15) is 6.04 Å². The van der Waals surface area contributed by atoms with Gasteiger partial charge in [0, 0.05) is 25.2 Å². The van der Waals surface area contributed by atoms with E-state index in [1.54, 1.807) is 38.4 Å². The first kappa shape index (κ1) is 22.4. The Morgan fingerprint density at radius 3 is 2.28 bits per heavy atom. The highest BCUT2D eigenvalue weighted by Gasteiger charge is 2.26. The van der Waals surface area contributed by atoms with Gasteiger partial charge in [0.05, 0.1) is 10.7 Å². The Balaban J connectivity index is 2.22. The number of anilines is 1. The zero-order valence-electron chi connectivity index (χ0n) is 17.2. The van der Waals surface area contributed by atoms with Crippen LogP contribution in [-0.2, 0) is 4.79 Å². The average molecular weight is 416 g/mol. The second kappa shape index (κ2) is 9.56. The number of nitrogens with one attached hydrogen (secondary N) is 2. The molecule has 2 rings (SSSR count). The van der Waals surface area contributed by atoms with Crippen LogP contribution in [0.2, 0.25) is 5.02 Å². The summed E-state index contributed by atoms with van der Waals surface area (Å²) in [5.41, 5.74) is 2.06.